The molecule has 144 valence electrons. The summed E-state index contributed by atoms with van der Waals surface area (Å²) < 4.78 is 5.41. The van der Waals surface area contributed by atoms with Crippen LogP contribution < -0.4 is 10.6 Å². The van der Waals surface area contributed by atoms with Crippen molar-refractivity contribution >= 4 is 34.4 Å². The lowest BCUT2D eigenvalue weighted by molar-refractivity contribution is -0.111. The van der Waals surface area contributed by atoms with Crippen LogP contribution in [0, 0.1) is 11.3 Å². The molecule has 2 N–H and O–H groups in total. The van der Waals surface area contributed by atoms with Gasteiger partial charge in [-0.05, 0) is 43.0 Å². The van der Waals surface area contributed by atoms with E-state index in [0.717, 1.165) is 16.0 Å². The normalized spacial score (nSPS) is 15.5. The van der Waals surface area contributed by atoms with Gasteiger partial charge in [0.05, 0.1) is 5.56 Å². The van der Waals surface area contributed by atoms with Crippen molar-refractivity contribution in [2.45, 2.75) is 32.3 Å². The predicted molar refractivity (Wildman–Crippen MR) is 107 cm³/mol. The summed E-state index contributed by atoms with van der Waals surface area (Å²) in [5.74, 6) is -0.311. The highest BCUT2D eigenvalue weighted by Gasteiger charge is 2.28. The van der Waals surface area contributed by atoms with E-state index in [2.05, 4.69) is 21.7 Å². The number of nitriles is 1. The monoisotopic (exact) mass is 396 g/mol. The Bertz CT molecular complexity index is 931. The number of amides is 2. The van der Waals surface area contributed by atoms with Crippen LogP contribution in [0.15, 0.2) is 30.6 Å². The van der Waals surface area contributed by atoms with Gasteiger partial charge in [0.15, 0.2) is 0 Å². The van der Waals surface area contributed by atoms with Crippen LogP contribution in [0.4, 0.5) is 9.80 Å². The van der Waals surface area contributed by atoms with Gasteiger partial charge >= 0.3 is 6.09 Å². The van der Waals surface area contributed by atoms with Crippen LogP contribution in [-0.2, 0) is 22.4 Å². The van der Waals surface area contributed by atoms with Crippen LogP contribution in [0.5, 0.6) is 0 Å². The SMILES string of the molecule is CCNC(=O)OC1CCc2c(sc(NC(=O)C=Cc3cccnc3)c2C#N)C1. The molecule has 2 amide bonds. The minimum atomic E-state index is -0.429. The maximum Gasteiger partial charge on any atom is 0.407 e. The fraction of sp³-hybridized carbons (Fsp3) is 0.300. The molecule has 0 radical (unpaired) electrons. The molecular formula is C20H20N4O3S. The van der Waals surface area contributed by atoms with Gasteiger partial charge in [0.1, 0.15) is 17.2 Å². The minimum Gasteiger partial charge on any atom is -0.446 e. The number of anilines is 1. The third kappa shape index (κ3) is 4.75. The maximum atomic E-state index is 12.2. The zero-order valence-corrected chi connectivity index (χ0v) is 16.2. The van der Waals surface area contributed by atoms with Gasteiger partial charge in [-0.1, -0.05) is 6.07 Å². The summed E-state index contributed by atoms with van der Waals surface area (Å²) in [6.07, 6.45) is 7.59. The summed E-state index contributed by atoms with van der Waals surface area (Å²) in [5.41, 5.74) is 2.25. The van der Waals surface area contributed by atoms with E-state index in [1.165, 1.54) is 17.4 Å². The summed E-state index contributed by atoms with van der Waals surface area (Å²) in [7, 11) is 0. The number of thiophene rings is 1. The number of rotatable bonds is 5. The second kappa shape index (κ2) is 9.15. The number of aromatic nitrogens is 1. The summed E-state index contributed by atoms with van der Waals surface area (Å²) in [6.45, 7) is 2.34. The number of nitrogens with zero attached hydrogens (tertiary/aromatic N) is 2. The number of nitrogens with one attached hydrogen (secondary N) is 2. The minimum absolute atomic E-state index is 0.224. The van der Waals surface area contributed by atoms with Crippen molar-refractivity contribution in [3.63, 3.8) is 0 Å². The Morgan fingerprint density at radius 2 is 2.36 bits per heavy atom. The van der Waals surface area contributed by atoms with Crippen molar-refractivity contribution in [2.75, 3.05) is 11.9 Å². The van der Waals surface area contributed by atoms with Crippen molar-refractivity contribution in [3.05, 3.63) is 52.2 Å². The molecular weight excluding hydrogens is 376 g/mol. The van der Waals surface area contributed by atoms with E-state index in [-0.39, 0.29) is 12.0 Å². The number of hydrogen-bond donors (Lipinski definition) is 2. The molecule has 0 fully saturated rings. The maximum absolute atomic E-state index is 12.2. The molecule has 2 aromatic heterocycles. The molecule has 1 unspecified atom stereocenters. The van der Waals surface area contributed by atoms with Crippen molar-refractivity contribution in [1.29, 1.82) is 5.26 Å². The van der Waals surface area contributed by atoms with Crippen molar-refractivity contribution < 1.29 is 14.3 Å². The lowest BCUT2D eigenvalue weighted by atomic mass is 9.94. The van der Waals surface area contributed by atoms with Crippen LogP contribution >= 0.6 is 11.3 Å². The van der Waals surface area contributed by atoms with Crippen LogP contribution in [0.25, 0.3) is 6.08 Å². The fourth-order valence-corrected chi connectivity index (χ4v) is 4.27. The number of fused-ring (bicyclic) bond motifs is 1. The smallest absolute Gasteiger partial charge is 0.407 e. The second-order valence-corrected chi connectivity index (χ2v) is 7.33. The average molecular weight is 396 g/mol. The number of carbonyl (C=O) groups excluding carboxylic acids is 2. The summed E-state index contributed by atoms with van der Waals surface area (Å²) in [5, 5.41) is 15.5. The van der Waals surface area contributed by atoms with E-state index < -0.39 is 6.09 Å². The summed E-state index contributed by atoms with van der Waals surface area (Å²) in [4.78, 5) is 28.9. The van der Waals surface area contributed by atoms with E-state index in [4.69, 9.17) is 4.74 Å². The van der Waals surface area contributed by atoms with Gasteiger partial charge in [0, 0.05) is 36.3 Å². The Hall–Kier alpha value is -3.18. The number of pyridine rings is 1. The highest BCUT2D eigenvalue weighted by Crippen LogP contribution is 2.38. The van der Waals surface area contributed by atoms with Crippen LogP contribution in [-0.4, -0.2) is 29.6 Å². The van der Waals surface area contributed by atoms with Crippen molar-refractivity contribution in [3.8, 4) is 6.07 Å². The molecule has 1 aliphatic rings. The van der Waals surface area contributed by atoms with Gasteiger partial charge in [-0.25, -0.2) is 4.79 Å². The summed E-state index contributed by atoms with van der Waals surface area (Å²) in [6, 6.07) is 5.83. The lowest BCUT2D eigenvalue weighted by Gasteiger charge is -2.22. The molecule has 0 spiro atoms. The molecule has 0 saturated carbocycles. The Balaban J connectivity index is 1.69. The Morgan fingerprint density at radius 3 is 3.07 bits per heavy atom. The molecule has 0 bridgehead atoms. The van der Waals surface area contributed by atoms with Crippen LogP contribution in [0.2, 0.25) is 0 Å². The molecule has 1 atom stereocenters. The van der Waals surface area contributed by atoms with Gasteiger partial charge in [0.25, 0.3) is 0 Å². The fourth-order valence-electron chi connectivity index (χ4n) is 3.00. The summed E-state index contributed by atoms with van der Waals surface area (Å²) >= 11 is 1.37. The molecule has 2 aromatic rings. The number of carbonyl (C=O) groups is 2. The molecule has 8 heteroatoms. The van der Waals surface area contributed by atoms with Crippen LogP contribution in [0.3, 0.4) is 0 Å². The van der Waals surface area contributed by atoms with Gasteiger partial charge in [-0.15, -0.1) is 11.3 Å². The van der Waals surface area contributed by atoms with E-state index >= 15 is 0 Å². The van der Waals surface area contributed by atoms with Crippen LogP contribution in [0.1, 0.15) is 34.9 Å². The average Bonchev–Trinajstić information content (AvgIpc) is 3.03. The number of ether oxygens (including phenoxy) is 1. The third-order valence-corrected chi connectivity index (χ3v) is 5.44. The van der Waals surface area contributed by atoms with Crippen molar-refractivity contribution in [2.24, 2.45) is 0 Å². The first-order chi connectivity index (χ1) is 13.6. The molecule has 0 aliphatic heterocycles. The molecule has 0 saturated heterocycles. The number of hydrogen-bond acceptors (Lipinski definition) is 6. The third-order valence-electron chi connectivity index (χ3n) is 4.27. The Kier molecular flexibility index (Phi) is 6.40. The molecule has 0 aromatic carbocycles. The van der Waals surface area contributed by atoms with E-state index in [9.17, 15) is 14.9 Å². The van der Waals surface area contributed by atoms with E-state index in [0.29, 0.717) is 36.4 Å². The molecule has 7 nitrogen and oxygen atoms in total. The molecule has 28 heavy (non-hydrogen) atoms. The standard InChI is InChI=1S/C20H20N4O3S/c1-2-23-20(26)27-14-6-7-15-16(11-21)19(28-17(15)10-14)24-18(25)8-5-13-4-3-9-22-12-13/h3-5,8-9,12,14H,2,6-7,10H2,1H3,(H,23,26)(H,24,25). The lowest BCUT2D eigenvalue weighted by Crippen LogP contribution is -2.31. The quantitative estimate of drug-likeness (QED) is 0.755. The van der Waals surface area contributed by atoms with Gasteiger partial charge in [-0.2, -0.15) is 5.26 Å². The zero-order chi connectivity index (χ0) is 19.9. The molecule has 2 heterocycles. The largest absolute Gasteiger partial charge is 0.446 e. The van der Waals surface area contributed by atoms with Gasteiger partial charge < -0.3 is 15.4 Å². The Labute approximate surface area is 167 Å². The topological polar surface area (TPSA) is 104 Å². The predicted octanol–water partition coefficient (Wildman–Crippen LogP) is 3.27. The highest BCUT2D eigenvalue weighted by atomic mass is 32.1. The zero-order valence-electron chi connectivity index (χ0n) is 15.4. The Morgan fingerprint density at radius 1 is 1.50 bits per heavy atom. The first kappa shape index (κ1) is 19.6. The van der Waals surface area contributed by atoms with Crippen molar-refractivity contribution in [1.82, 2.24) is 10.3 Å². The van der Waals surface area contributed by atoms with Gasteiger partial charge in [0.2, 0.25) is 5.91 Å². The molecule has 3 rings (SSSR count). The second-order valence-electron chi connectivity index (χ2n) is 6.23. The molecule has 1 aliphatic carbocycles. The van der Waals surface area contributed by atoms with Gasteiger partial charge in [-0.3, -0.25) is 9.78 Å². The first-order valence-electron chi connectivity index (χ1n) is 8.99. The van der Waals surface area contributed by atoms with E-state index in [1.807, 2.05) is 13.0 Å². The van der Waals surface area contributed by atoms with E-state index in [1.54, 1.807) is 24.5 Å². The first-order valence-corrected chi connectivity index (χ1v) is 9.80. The number of alkyl carbamates (subject to hydrolysis) is 1. The highest BCUT2D eigenvalue weighted by molar-refractivity contribution is 7.16.